The average Bonchev–Trinajstić information content (AvgIpc) is 2.51. The molecule has 120 valence electrons. The second kappa shape index (κ2) is 7.99. The molecule has 0 aliphatic heterocycles. The molecule has 0 aliphatic carbocycles. The molecule has 0 saturated carbocycles. The molecule has 0 saturated heterocycles. The highest BCUT2D eigenvalue weighted by Crippen LogP contribution is 2.25. The molecule has 2 rings (SSSR count). The standard InChI is InChI=1S/C18H27N3O/c1-4-21(5-2)12-6-7-14(3)20-17-10-11-19-18-13-15(22)8-9-16(17)18/h8-11,13-14,22H,4-7,12H2,1-3H3,(H,19,20)/t14-/m1/s1. The number of aromatic nitrogens is 1. The molecule has 0 radical (unpaired) electrons. The summed E-state index contributed by atoms with van der Waals surface area (Å²) in [4.78, 5) is 6.77. The van der Waals surface area contributed by atoms with Gasteiger partial charge in [-0.1, -0.05) is 13.8 Å². The largest absolute Gasteiger partial charge is 0.508 e. The van der Waals surface area contributed by atoms with Gasteiger partial charge in [0.05, 0.1) is 5.52 Å². The Morgan fingerprint density at radius 1 is 1.23 bits per heavy atom. The normalized spacial score (nSPS) is 12.7. The smallest absolute Gasteiger partial charge is 0.117 e. The van der Waals surface area contributed by atoms with Crippen molar-refractivity contribution in [2.75, 3.05) is 25.0 Å². The fourth-order valence-corrected chi connectivity index (χ4v) is 2.76. The Hall–Kier alpha value is -1.81. The summed E-state index contributed by atoms with van der Waals surface area (Å²) < 4.78 is 0. The summed E-state index contributed by atoms with van der Waals surface area (Å²) in [6, 6.07) is 7.74. The molecule has 0 aliphatic rings. The van der Waals surface area contributed by atoms with E-state index >= 15 is 0 Å². The summed E-state index contributed by atoms with van der Waals surface area (Å²) in [5.74, 6) is 0.254. The summed E-state index contributed by atoms with van der Waals surface area (Å²) in [6.07, 6.45) is 4.12. The summed E-state index contributed by atoms with van der Waals surface area (Å²) in [7, 11) is 0. The van der Waals surface area contributed by atoms with Crippen molar-refractivity contribution in [2.45, 2.75) is 39.7 Å². The van der Waals surface area contributed by atoms with Gasteiger partial charge in [0.2, 0.25) is 0 Å². The van der Waals surface area contributed by atoms with Gasteiger partial charge >= 0.3 is 0 Å². The average molecular weight is 301 g/mol. The van der Waals surface area contributed by atoms with Crippen molar-refractivity contribution < 1.29 is 5.11 Å². The zero-order valence-corrected chi connectivity index (χ0v) is 13.8. The number of phenolic OH excluding ortho intramolecular Hbond substituents is 1. The maximum atomic E-state index is 9.55. The number of nitrogens with one attached hydrogen (secondary N) is 1. The van der Waals surface area contributed by atoms with Gasteiger partial charge in [-0.3, -0.25) is 4.98 Å². The van der Waals surface area contributed by atoms with E-state index in [2.05, 4.69) is 36.0 Å². The van der Waals surface area contributed by atoms with E-state index in [1.165, 1.54) is 6.42 Å². The third-order valence-corrected chi connectivity index (χ3v) is 4.13. The van der Waals surface area contributed by atoms with Crippen LogP contribution in [0.2, 0.25) is 0 Å². The Kier molecular flexibility index (Phi) is 6.01. The van der Waals surface area contributed by atoms with Crippen molar-refractivity contribution in [1.82, 2.24) is 9.88 Å². The van der Waals surface area contributed by atoms with Crippen LogP contribution in [0.1, 0.15) is 33.6 Å². The van der Waals surface area contributed by atoms with Crippen molar-refractivity contribution in [3.05, 3.63) is 30.5 Å². The molecule has 1 aromatic carbocycles. The molecule has 1 atom stereocenters. The van der Waals surface area contributed by atoms with Crippen LogP contribution in [0.5, 0.6) is 5.75 Å². The molecule has 4 nitrogen and oxygen atoms in total. The summed E-state index contributed by atoms with van der Waals surface area (Å²) in [5, 5.41) is 14.2. The number of anilines is 1. The number of nitrogens with zero attached hydrogens (tertiary/aromatic N) is 2. The first kappa shape index (κ1) is 16.6. The van der Waals surface area contributed by atoms with E-state index in [4.69, 9.17) is 0 Å². The number of aromatic hydroxyl groups is 1. The first-order chi connectivity index (χ1) is 10.6. The van der Waals surface area contributed by atoms with E-state index in [1.807, 2.05) is 12.1 Å². The minimum absolute atomic E-state index is 0.254. The molecule has 0 bridgehead atoms. The number of phenols is 1. The van der Waals surface area contributed by atoms with E-state index in [0.29, 0.717) is 6.04 Å². The molecule has 2 aromatic rings. The molecular formula is C18H27N3O. The van der Waals surface area contributed by atoms with Crippen molar-refractivity contribution in [3.63, 3.8) is 0 Å². The number of fused-ring (bicyclic) bond motifs is 1. The zero-order chi connectivity index (χ0) is 15.9. The number of hydrogen-bond donors (Lipinski definition) is 2. The zero-order valence-electron chi connectivity index (χ0n) is 13.8. The predicted molar refractivity (Wildman–Crippen MR) is 93.5 cm³/mol. The minimum Gasteiger partial charge on any atom is -0.508 e. The van der Waals surface area contributed by atoms with Crippen molar-refractivity contribution >= 4 is 16.6 Å². The Balaban J connectivity index is 1.95. The molecular weight excluding hydrogens is 274 g/mol. The minimum atomic E-state index is 0.254. The van der Waals surface area contributed by atoms with E-state index in [0.717, 1.165) is 42.6 Å². The fourth-order valence-electron chi connectivity index (χ4n) is 2.76. The van der Waals surface area contributed by atoms with Crippen molar-refractivity contribution in [2.24, 2.45) is 0 Å². The van der Waals surface area contributed by atoms with E-state index in [-0.39, 0.29) is 5.75 Å². The molecule has 4 heteroatoms. The van der Waals surface area contributed by atoms with E-state index < -0.39 is 0 Å². The molecule has 2 N–H and O–H groups in total. The second-order valence-corrected chi connectivity index (χ2v) is 5.77. The summed E-state index contributed by atoms with van der Waals surface area (Å²) in [5.41, 5.74) is 1.90. The Morgan fingerprint density at radius 2 is 2.00 bits per heavy atom. The molecule has 0 amide bonds. The van der Waals surface area contributed by atoms with Gasteiger partial charge in [0.1, 0.15) is 5.75 Å². The van der Waals surface area contributed by atoms with Gasteiger partial charge in [0.15, 0.2) is 0 Å². The lowest BCUT2D eigenvalue weighted by Gasteiger charge is -2.20. The fraction of sp³-hybridized carbons (Fsp3) is 0.500. The van der Waals surface area contributed by atoms with Gasteiger partial charge in [0, 0.05) is 29.4 Å². The maximum Gasteiger partial charge on any atom is 0.117 e. The Bertz CT molecular complexity index is 596. The van der Waals surface area contributed by atoms with Crippen LogP contribution >= 0.6 is 0 Å². The maximum absolute atomic E-state index is 9.55. The topological polar surface area (TPSA) is 48.4 Å². The SMILES string of the molecule is CCN(CC)CCC[C@@H](C)Nc1ccnc2cc(O)ccc12. The van der Waals surface area contributed by atoms with Gasteiger partial charge in [0.25, 0.3) is 0 Å². The quantitative estimate of drug-likeness (QED) is 0.777. The first-order valence-corrected chi connectivity index (χ1v) is 8.20. The van der Waals surface area contributed by atoms with Gasteiger partial charge in [-0.15, -0.1) is 0 Å². The molecule has 22 heavy (non-hydrogen) atoms. The number of pyridine rings is 1. The van der Waals surface area contributed by atoms with Gasteiger partial charge in [-0.05, 0) is 57.6 Å². The molecule has 0 spiro atoms. The van der Waals surface area contributed by atoms with Crippen LogP contribution in [0, 0.1) is 0 Å². The Labute approximate surface area is 133 Å². The molecule has 0 fully saturated rings. The summed E-state index contributed by atoms with van der Waals surface area (Å²) >= 11 is 0. The Morgan fingerprint density at radius 3 is 2.73 bits per heavy atom. The van der Waals surface area contributed by atoms with Crippen molar-refractivity contribution in [3.8, 4) is 5.75 Å². The van der Waals surface area contributed by atoms with Crippen LogP contribution in [0.25, 0.3) is 10.9 Å². The van der Waals surface area contributed by atoms with E-state index in [1.54, 1.807) is 18.3 Å². The van der Waals surface area contributed by atoms with Crippen LogP contribution in [0.4, 0.5) is 5.69 Å². The lowest BCUT2D eigenvalue weighted by molar-refractivity contribution is 0.295. The van der Waals surface area contributed by atoms with Crippen LogP contribution in [0.3, 0.4) is 0 Å². The number of benzene rings is 1. The second-order valence-electron chi connectivity index (χ2n) is 5.77. The van der Waals surface area contributed by atoms with Crippen LogP contribution in [-0.2, 0) is 0 Å². The number of hydrogen-bond acceptors (Lipinski definition) is 4. The van der Waals surface area contributed by atoms with Crippen molar-refractivity contribution in [1.29, 1.82) is 0 Å². The first-order valence-electron chi connectivity index (χ1n) is 8.20. The van der Waals surface area contributed by atoms with Gasteiger partial charge in [-0.2, -0.15) is 0 Å². The van der Waals surface area contributed by atoms with Gasteiger partial charge < -0.3 is 15.3 Å². The van der Waals surface area contributed by atoms with Crippen LogP contribution < -0.4 is 5.32 Å². The highest BCUT2D eigenvalue weighted by atomic mass is 16.3. The summed E-state index contributed by atoms with van der Waals surface area (Å²) in [6.45, 7) is 10.0. The molecule has 0 unspecified atom stereocenters. The van der Waals surface area contributed by atoms with Crippen LogP contribution in [-0.4, -0.2) is 40.7 Å². The van der Waals surface area contributed by atoms with E-state index in [9.17, 15) is 5.11 Å². The monoisotopic (exact) mass is 301 g/mol. The highest BCUT2D eigenvalue weighted by Gasteiger charge is 2.07. The number of rotatable bonds is 8. The molecule has 1 aromatic heterocycles. The van der Waals surface area contributed by atoms with Gasteiger partial charge in [-0.25, -0.2) is 0 Å². The predicted octanol–water partition coefficient (Wildman–Crippen LogP) is 3.86. The third kappa shape index (κ3) is 4.34. The molecule has 1 heterocycles. The third-order valence-electron chi connectivity index (χ3n) is 4.13. The lowest BCUT2D eigenvalue weighted by Crippen LogP contribution is -2.25. The highest BCUT2D eigenvalue weighted by molar-refractivity contribution is 5.91. The van der Waals surface area contributed by atoms with Crippen LogP contribution in [0.15, 0.2) is 30.5 Å². The lowest BCUT2D eigenvalue weighted by atomic mass is 10.1.